The summed E-state index contributed by atoms with van der Waals surface area (Å²) in [7, 11) is 2.01. The Morgan fingerprint density at radius 3 is 2.50 bits per heavy atom. The molecule has 1 aromatic rings. The normalized spacial score (nSPS) is 33.5. The predicted octanol–water partition coefficient (Wildman–Crippen LogP) is 3.79. The van der Waals surface area contributed by atoms with E-state index in [1.165, 1.54) is 6.07 Å². The lowest BCUT2D eigenvalue weighted by Crippen LogP contribution is -2.49. The molecule has 0 aromatic heterocycles. The van der Waals surface area contributed by atoms with Crippen LogP contribution in [0.1, 0.15) is 43.2 Å². The monoisotopic (exact) mass is 313 g/mol. The van der Waals surface area contributed by atoms with Gasteiger partial charge in [0, 0.05) is 12.0 Å². The van der Waals surface area contributed by atoms with Gasteiger partial charge in [-0.1, -0.05) is 25.0 Å². The van der Waals surface area contributed by atoms with Crippen LogP contribution >= 0.6 is 0 Å². The molecule has 22 heavy (non-hydrogen) atoms. The van der Waals surface area contributed by atoms with Crippen LogP contribution < -0.4 is 0 Å². The number of halogens is 3. The zero-order valence-electron chi connectivity index (χ0n) is 12.8. The molecule has 1 spiro atoms. The maximum Gasteiger partial charge on any atom is 0.416 e. The molecule has 2 fully saturated rings. The van der Waals surface area contributed by atoms with Gasteiger partial charge in [-0.2, -0.15) is 13.2 Å². The zero-order valence-corrected chi connectivity index (χ0v) is 12.8. The van der Waals surface area contributed by atoms with Gasteiger partial charge in [0.25, 0.3) is 0 Å². The molecule has 3 rings (SSSR count). The molecule has 122 valence electrons. The highest BCUT2D eigenvalue weighted by atomic mass is 19.4. The van der Waals surface area contributed by atoms with E-state index in [9.17, 15) is 18.3 Å². The topological polar surface area (TPSA) is 23.5 Å². The van der Waals surface area contributed by atoms with Crippen LogP contribution in [0.3, 0.4) is 0 Å². The first kappa shape index (κ1) is 15.8. The summed E-state index contributed by atoms with van der Waals surface area (Å²) in [5, 5.41) is 11.4. The number of hydrogen-bond acceptors (Lipinski definition) is 2. The van der Waals surface area contributed by atoms with Gasteiger partial charge in [0.05, 0.1) is 11.2 Å². The van der Waals surface area contributed by atoms with Crippen molar-refractivity contribution in [2.45, 2.75) is 43.9 Å². The van der Waals surface area contributed by atoms with Gasteiger partial charge in [0.1, 0.15) is 0 Å². The molecule has 2 atom stereocenters. The second-order valence-electron chi connectivity index (χ2n) is 6.91. The third kappa shape index (κ3) is 2.44. The fourth-order valence-electron chi connectivity index (χ4n) is 4.34. The van der Waals surface area contributed by atoms with Crippen molar-refractivity contribution >= 4 is 0 Å². The summed E-state index contributed by atoms with van der Waals surface area (Å²) in [6.07, 6.45) is -0.212. The molecule has 2 aliphatic rings. The van der Waals surface area contributed by atoms with Crippen LogP contribution in [0.4, 0.5) is 13.2 Å². The van der Waals surface area contributed by atoms with E-state index in [0.717, 1.165) is 50.9 Å². The van der Waals surface area contributed by atoms with Crippen LogP contribution in [0.5, 0.6) is 0 Å². The Labute approximate surface area is 128 Å². The Kier molecular flexibility index (Phi) is 3.76. The average molecular weight is 313 g/mol. The molecular weight excluding hydrogens is 291 g/mol. The molecular formula is C17H22F3NO. The van der Waals surface area contributed by atoms with Crippen LogP contribution in [-0.2, 0) is 11.8 Å². The van der Waals surface area contributed by atoms with Gasteiger partial charge in [-0.25, -0.2) is 0 Å². The number of aliphatic hydroxyl groups is 1. The number of hydrogen-bond donors (Lipinski definition) is 1. The number of benzene rings is 1. The minimum atomic E-state index is -4.37. The smallest absolute Gasteiger partial charge is 0.385 e. The summed E-state index contributed by atoms with van der Waals surface area (Å²) in [6, 6.07) is 5.28. The Morgan fingerprint density at radius 2 is 1.86 bits per heavy atom. The molecule has 1 saturated heterocycles. The summed E-state index contributed by atoms with van der Waals surface area (Å²) in [5.41, 5.74) is -1.72. The minimum absolute atomic E-state index is 0.315. The molecule has 0 amide bonds. The zero-order chi connectivity index (χ0) is 16.0. The average Bonchev–Trinajstić information content (AvgIpc) is 2.84. The minimum Gasteiger partial charge on any atom is -0.385 e. The molecule has 1 aliphatic heterocycles. The van der Waals surface area contributed by atoms with Crippen LogP contribution in [-0.4, -0.2) is 30.1 Å². The van der Waals surface area contributed by atoms with Crippen molar-refractivity contribution < 1.29 is 18.3 Å². The number of alkyl halides is 3. The molecule has 1 aliphatic carbocycles. The number of rotatable bonds is 1. The largest absolute Gasteiger partial charge is 0.416 e. The third-order valence-electron chi connectivity index (χ3n) is 5.53. The van der Waals surface area contributed by atoms with E-state index in [2.05, 4.69) is 4.90 Å². The van der Waals surface area contributed by atoms with E-state index < -0.39 is 17.3 Å². The summed E-state index contributed by atoms with van der Waals surface area (Å²) in [6.45, 7) is 1.64. The first-order valence-corrected chi connectivity index (χ1v) is 7.86. The lowest BCUT2D eigenvalue weighted by Gasteiger charge is -2.49. The highest BCUT2D eigenvalue weighted by Gasteiger charge is 2.55. The number of likely N-dealkylation sites (tertiary alicyclic amines) is 1. The highest BCUT2D eigenvalue weighted by Crippen LogP contribution is 2.55. The lowest BCUT2D eigenvalue weighted by molar-refractivity contribution is -0.138. The van der Waals surface area contributed by atoms with Crippen molar-refractivity contribution in [1.82, 2.24) is 4.90 Å². The first-order chi connectivity index (χ1) is 10.3. The lowest BCUT2D eigenvalue weighted by atomic mass is 9.60. The van der Waals surface area contributed by atoms with Crippen molar-refractivity contribution in [3.05, 3.63) is 35.4 Å². The van der Waals surface area contributed by atoms with Crippen molar-refractivity contribution in [2.24, 2.45) is 5.41 Å². The second kappa shape index (κ2) is 5.24. The Balaban J connectivity index is 2.04. The molecule has 1 N–H and O–H groups in total. The maximum atomic E-state index is 13.0. The summed E-state index contributed by atoms with van der Waals surface area (Å²) in [5.74, 6) is 0. The summed E-state index contributed by atoms with van der Waals surface area (Å²) in [4.78, 5) is 2.17. The molecule has 2 nitrogen and oxygen atoms in total. The van der Waals surface area contributed by atoms with E-state index in [1.54, 1.807) is 6.07 Å². The summed E-state index contributed by atoms with van der Waals surface area (Å²) >= 11 is 0. The fraction of sp³-hybridized carbons (Fsp3) is 0.647. The standard InChI is InChI=1S/C17H22F3NO/c1-21-10-9-15(12-21)7-2-3-8-16(15,22)13-5-4-6-14(11-13)17(18,19)20/h4-6,11,22H,2-3,7-10,12H2,1H3. The van der Waals surface area contributed by atoms with E-state index in [-0.39, 0.29) is 5.41 Å². The van der Waals surface area contributed by atoms with Crippen LogP contribution in [0.15, 0.2) is 24.3 Å². The highest BCUT2D eigenvalue weighted by molar-refractivity contribution is 5.33. The van der Waals surface area contributed by atoms with Gasteiger partial charge in [-0.05, 0) is 50.6 Å². The molecule has 5 heteroatoms. The number of nitrogens with zero attached hydrogens (tertiary/aromatic N) is 1. The SMILES string of the molecule is CN1CCC2(CCCCC2(O)c2cccc(C(F)(F)F)c2)C1. The first-order valence-electron chi connectivity index (χ1n) is 7.86. The van der Waals surface area contributed by atoms with E-state index in [1.807, 2.05) is 7.05 Å². The van der Waals surface area contributed by atoms with Gasteiger partial charge in [-0.15, -0.1) is 0 Å². The maximum absolute atomic E-state index is 13.0. The van der Waals surface area contributed by atoms with Gasteiger partial charge in [-0.3, -0.25) is 0 Å². The van der Waals surface area contributed by atoms with E-state index >= 15 is 0 Å². The van der Waals surface area contributed by atoms with Crippen molar-refractivity contribution in [2.75, 3.05) is 20.1 Å². The molecule has 1 aromatic carbocycles. The van der Waals surface area contributed by atoms with Crippen molar-refractivity contribution in [3.63, 3.8) is 0 Å². The Hall–Kier alpha value is -1.07. The fourth-order valence-corrected chi connectivity index (χ4v) is 4.34. The molecule has 1 saturated carbocycles. The Bertz CT molecular complexity index is 555. The summed E-state index contributed by atoms with van der Waals surface area (Å²) < 4.78 is 39.0. The predicted molar refractivity (Wildman–Crippen MR) is 78.4 cm³/mol. The second-order valence-corrected chi connectivity index (χ2v) is 6.91. The van der Waals surface area contributed by atoms with Crippen molar-refractivity contribution in [3.8, 4) is 0 Å². The van der Waals surface area contributed by atoms with E-state index in [0.29, 0.717) is 12.0 Å². The van der Waals surface area contributed by atoms with Crippen LogP contribution in [0, 0.1) is 5.41 Å². The molecule has 1 heterocycles. The molecule has 0 radical (unpaired) electrons. The third-order valence-corrected chi connectivity index (χ3v) is 5.53. The Morgan fingerprint density at radius 1 is 1.14 bits per heavy atom. The molecule has 0 bridgehead atoms. The quantitative estimate of drug-likeness (QED) is 0.853. The molecule has 2 unspecified atom stereocenters. The van der Waals surface area contributed by atoms with Gasteiger partial charge in [0.2, 0.25) is 0 Å². The van der Waals surface area contributed by atoms with Gasteiger partial charge < -0.3 is 10.0 Å². The van der Waals surface area contributed by atoms with Crippen molar-refractivity contribution in [1.29, 1.82) is 0 Å². The van der Waals surface area contributed by atoms with Crippen LogP contribution in [0.25, 0.3) is 0 Å². The van der Waals surface area contributed by atoms with Gasteiger partial charge >= 0.3 is 6.18 Å². The van der Waals surface area contributed by atoms with E-state index in [4.69, 9.17) is 0 Å². The van der Waals surface area contributed by atoms with Crippen LogP contribution in [0.2, 0.25) is 0 Å². The van der Waals surface area contributed by atoms with Gasteiger partial charge in [0.15, 0.2) is 0 Å².